The Balaban J connectivity index is 1.89. The van der Waals surface area contributed by atoms with Crippen LogP contribution in [0.25, 0.3) is 0 Å². The molecule has 4 unspecified atom stereocenters. The van der Waals surface area contributed by atoms with Gasteiger partial charge in [-0.1, -0.05) is 27.2 Å². The Morgan fingerprint density at radius 2 is 2.20 bits per heavy atom. The lowest BCUT2D eigenvalue weighted by Crippen LogP contribution is -2.39. The number of rotatable bonds is 6. The average Bonchev–Trinajstić information content (AvgIpc) is 2.81. The fourth-order valence-electron chi connectivity index (χ4n) is 3.27. The fourth-order valence-corrected chi connectivity index (χ4v) is 3.27. The highest BCUT2D eigenvalue weighted by Gasteiger charge is 2.39. The number of nitrogens with one attached hydrogen (secondary N) is 1. The minimum Gasteiger partial charge on any atom is -0.378 e. The zero-order valence-corrected chi connectivity index (χ0v) is 13.2. The van der Waals surface area contributed by atoms with Crippen LogP contribution in [0.5, 0.6) is 0 Å². The molecule has 2 fully saturated rings. The molecule has 4 heteroatoms. The number of ether oxygens (including phenoxy) is 1. The van der Waals surface area contributed by atoms with E-state index in [1.54, 1.807) is 0 Å². The van der Waals surface area contributed by atoms with Crippen molar-refractivity contribution in [2.45, 2.75) is 77.6 Å². The normalized spacial score (nSPS) is 32.6. The molecular weight excluding hydrogens is 252 g/mol. The molecule has 4 nitrogen and oxygen atoms in total. The lowest BCUT2D eigenvalue weighted by atomic mass is 9.99. The third-order valence-corrected chi connectivity index (χ3v) is 4.86. The number of hydrogen-bond acceptors (Lipinski definition) is 3. The smallest absolute Gasteiger partial charge is 0.241 e. The zero-order chi connectivity index (χ0) is 14.5. The molecule has 1 amide bonds. The Kier molecular flexibility index (Phi) is 5.85. The van der Waals surface area contributed by atoms with Gasteiger partial charge in [-0.3, -0.25) is 10.1 Å². The highest BCUT2D eigenvalue weighted by atomic mass is 16.5. The summed E-state index contributed by atoms with van der Waals surface area (Å²) in [5, 5.41) is 3.51. The predicted molar refractivity (Wildman–Crippen MR) is 80.4 cm³/mol. The van der Waals surface area contributed by atoms with Gasteiger partial charge in [0, 0.05) is 13.2 Å². The molecule has 2 heterocycles. The summed E-state index contributed by atoms with van der Waals surface area (Å²) < 4.78 is 5.78. The molecule has 0 spiro atoms. The first kappa shape index (κ1) is 15.8. The van der Waals surface area contributed by atoms with E-state index in [0.29, 0.717) is 17.9 Å². The monoisotopic (exact) mass is 282 g/mol. The molecule has 0 bridgehead atoms. The number of carbonyl (C=O) groups excluding carboxylic acids is 1. The summed E-state index contributed by atoms with van der Waals surface area (Å²) in [5.41, 5.74) is 0. The molecule has 0 saturated carbocycles. The van der Waals surface area contributed by atoms with Crippen LogP contribution in [0.2, 0.25) is 0 Å². The van der Waals surface area contributed by atoms with Crippen molar-refractivity contribution in [1.82, 2.24) is 10.2 Å². The Bertz CT molecular complexity index is 316. The third kappa shape index (κ3) is 3.53. The van der Waals surface area contributed by atoms with Crippen LogP contribution in [0.15, 0.2) is 0 Å². The molecular formula is C16H30N2O2. The van der Waals surface area contributed by atoms with Crippen molar-refractivity contribution in [2.24, 2.45) is 5.92 Å². The maximum absolute atomic E-state index is 12.6. The van der Waals surface area contributed by atoms with Gasteiger partial charge in [0.05, 0.1) is 18.3 Å². The summed E-state index contributed by atoms with van der Waals surface area (Å²) >= 11 is 0. The van der Waals surface area contributed by atoms with Gasteiger partial charge in [-0.15, -0.1) is 0 Å². The number of carbonyl (C=O) groups is 1. The first-order chi connectivity index (χ1) is 9.67. The second-order valence-electron chi connectivity index (χ2n) is 6.26. The third-order valence-electron chi connectivity index (χ3n) is 4.86. The molecule has 116 valence electrons. The van der Waals surface area contributed by atoms with Crippen LogP contribution in [-0.2, 0) is 9.53 Å². The van der Waals surface area contributed by atoms with Crippen molar-refractivity contribution >= 4 is 5.91 Å². The lowest BCUT2D eigenvalue weighted by molar-refractivity contribution is -0.131. The summed E-state index contributed by atoms with van der Waals surface area (Å²) in [4.78, 5) is 14.6. The summed E-state index contributed by atoms with van der Waals surface area (Å²) in [6.07, 6.45) is 7.18. The van der Waals surface area contributed by atoms with E-state index in [1.807, 2.05) is 0 Å². The van der Waals surface area contributed by atoms with Crippen molar-refractivity contribution in [1.29, 1.82) is 0 Å². The fraction of sp³-hybridized carbons (Fsp3) is 0.938. The first-order valence-corrected chi connectivity index (χ1v) is 8.35. The van der Waals surface area contributed by atoms with Gasteiger partial charge < -0.3 is 9.64 Å². The molecule has 0 radical (unpaired) electrons. The topological polar surface area (TPSA) is 41.6 Å². The summed E-state index contributed by atoms with van der Waals surface area (Å²) in [5.74, 6) is 0.703. The first-order valence-electron chi connectivity index (χ1n) is 8.35. The Morgan fingerprint density at radius 1 is 1.40 bits per heavy atom. The van der Waals surface area contributed by atoms with Gasteiger partial charge in [0.25, 0.3) is 0 Å². The van der Waals surface area contributed by atoms with Crippen LogP contribution in [0.4, 0.5) is 0 Å². The Labute approximate surface area is 123 Å². The molecule has 4 atom stereocenters. The molecule has 2 aliphatic rings. The Hall–Kier alpha value is -0.610. The molecule has 2 aliphatic heterocycles. The second-order valence-corrected chi connectivity index (χ2v) is 6.26. The van der Waals surface area contributed by atoms with E-state index in [9.17, 15) is 4.79 Å². The number of hydrogen-bond donors (Lipinski definition) is 1. The van der Waals surface area contributed by atoms with Crippen molar-refractivity contribution < 1.29 is 9.53 Å². The summed E-state index contributed by atoms with van der Waals surface area (Å²) in [6.45, 7) is 8.19. The Morgan fingerprint density at radius 3 is 2.80 bits per heavy atom. The molecule has 0 aromatic heterocycles. The maximum atomic E-state index is 12.6. The molecule has 2 saturated heterocycles. The number of amides is 1. The molecule has 0 aromatic rings. The van der Waals surface area contributed by atoms with E-state index >= 15 is 0 Å². The van der Waals surface area contributed by atoms with E-state index in [-0.39, 0.29) is 12.2 Å². The van der Waals surface area contributed by atoms with E-state index in [4.69, 9.17) is 4.74 Å². The van der Waals surface area contributed by atoms with Gasteiger partial charge in [0.15, 0.2) is 0 Å². The van der Waals surface area contributed by atoms with Crippen LogP contribution in [0, 0.1) is 5.92 Å². The molecule has 2 rings (SSSR count). The van der Waals surface area contributed by atoms with E-state index in [1.165, 1.54) is 12.8 Å². The van der Waals surface area contributed by atoms with Crippen LogP contribution >= 0.6 is 0 Å². The SMILES string of the molecule is CCC(C)C1NC(CC)N(CCC2CCCCO2)C1=O. The summed E-state index contributed by atoms with van der Waals surface area (Å²) in [7, 11) is 0. The van der Waals surface area contributed by atoms with Crippen molar-refractivity contribution in [2.75, 3.05) is 13.2 Å². The van der Waals surface area contributed by atoms with Gasteiger partial charge in [0.2, 0.25) is 5.91 Å². The second kappa shape index (κ2) is 7.41. The van der Waals surface area contributed by atoms with Crippen LogP contribution < -0.4 is 5.32 Å². The highest BCUT2D eigenvalue weighted by Crippen LogP contribution is 2.23. The molecule has 0 aromatic carbocycles. The van der Waals surface area contributed by atoms with Gasteiger partial charge in [-0.2, -0.15) is 0 Å². The van der Waals surface area contributed by atoms with Crippen molar-refractivity contribution in [3.8, 4) is 0 Å². The number of nitrogens with zero attached hydrogens (tertiary/aromatic N) is 1. The molecule has 20 heavy (non-hydrogen) atoms. The van der Waals surface area contributed by atoms with E-state index in [0.717, 1.165) is 38.8 Å². The largest absolute Gasteiger partial charge is 0.378 e. The highest BCUT2D eigenvalue weighted by molar-refractivity contribution is 5.84. The average molecular weight is 282 g/mol. The quantitative estimate of drug-likeness (QED) is 0.814. The molecule has 0 aliphatic carbocycles. The van der Waals surface area contributed by atoms with Crippen LogP contribution in [0.1, 0.15) is 59.3 Å². The van der Waals surface area contributed by atoms with Crippen LogP contribution in [-0.4, -0.2) is 42.3 Å². The minimum atomic E-state index is 0.0113. The van der Waals surface area contributed by atoms with Gasteiger partial charge in [-0.05, 0) is 38.0 Å². The minimum absolute atomic E-state index is 0.0113. The lowest BCUT2D eigenvalue weighted by Gasteiger charge is -2.27. The van der Waals surface area contributed by atoms with Crippen molar-refractivity contribution in [3.05, 3.63) is 0 Å². The van der Waals surface area contributed by atoms with Gasteiger partial charge in [0.1, 0.15) is 0 Å². The van der Waals surface area contributed by atoms with Crippen molar-refractivity contribution in [3.63, 3.8) is 0 Å². The van der Waals surface area contributed by atoms with Crippen LogP contribution in [0.3, 0.4) is 0 Å². The zero-order valence-electron chi connectivity index (χ0n) is 13.2. The standard InChI is InChI=1S/C16H30N2O2/c1-4-12(3)15-16(19)18(14(5-2)17-15)10-9-13-8-6-7-11-20-13/h12-15,17H,4-11H2,1-3H3. The van der Waals surface area contributed by atoms with Gasteiger partial charge >= 0.3 is 0 Å². The van der Waals surface area contributed by atoms with E-state index < -0.39 is 0 Å². The molecule has 1 N–H and O–H groups in total. The van der Waals surface area contributed by atoms with E-state index in [2.05, 4.69) is 31.0 Å². The predicted octanol–water partition coefficient (Wildman–Crippen LogP) is 2.53. The maximum Gasteiger partial charge on any atom is 0.241 e. The summed E-state index contributed by atoms with van der Waals surface area (Å²) in [6, 6.07) is 0.0113. The van der Waals surface area contributed by atoms with Gasteiger partial charge in [-0.25, -0.2) is 0 Å².